The first-order valence-electron chi connectivity index (χ1n) is 10.1. The summed E-state index contributed by atoms with van der Waals surface area (Å²) in [4.78, 5) is 27.1. The lowest BCUT2D eigenvalue weighted by Gasteiger charge is -2.14. The zero-order valence-corrected chi connectivity index (χ0v) is 18.5. The quantitative estimate of drug-likeness (QED) is 0.351. The van der Waals surface area contributed by atoms with Gasteiger partial charge in [-0.05, 0) is 36.6 Å². The smallest absolute Gasteiger partial charge is 0.266 e. The summed E-state index contributed by atoms with van der Waals surface area (Å²) in [6.07, 6.45) is 4.66. The number of rotatable bonds is 8. The van der Waals surface area contributed by atoms with E-state index in [2.05, 4.69) is 5.32 Å². The maximum absolute atomic E-state index is 12.6. The summed E-state index contributed by atoms with van der Waals surface area (Å²) < 4.78 is 11.2. The van der Waals surface area contributed by atoms with Gasteiger partial charge in [-0.15, -0.1) is 0 Å². The Morgan fingerprint density at radius 2 is 1.90 bits per heavy atom. The van der Waals surface area contributed by atoms with Gasteiger partial charge in [0.25, 0.3) is 5.91 Å². The van der Waals surface area contributed by atoms with Crippen LogP contribution in [0.3, 0.4) is 0 Å². The average molecular weight is 455 g/mol. The maximum Gasteiger partial charge on any atom is 0.266 e. The number of hydrogen-bond acceptors (Lipinski definition) is 6. The fourth-order valence-electron chi connectivity index (χ4n) is 3.32. The second kappa shape index (κ2) is 9.98. The van der Waals surface area contributed by atoms with Crippen LogP contribution in [0.1, 0.15) is 31.2 Å². The fraction of sp³-hybridized carbons (Fsp3) is 0.261. The third kappa shape index (κ3) is 5.45. The van der Waals surface area contributed by atoms with Gasteiger partial charge in [-0.1, -0.05) is 60.7 Å². The summed E-state index contributed by atoms with van der Waals surface area (Å²) >= 11 is 6.72. The van der Waals surface area contributed by atoms with Crippen LogP contribution < -0.4 is 14.8 Å². The normalized spacial score (nSPS) is 16.3. The van der Waals surface area contributed by atoms with E-state index in [9.17, 15) is 9.59 Å². The highest BCUT2D eigenvalue weighted by Crippen LogP contribution is 2.34. The van der Waals surface area contributed by atoms with Crippen LogP contribution in [0.4, 0.5) is 5.69 Å². The van der Waals surface area contributed by atoms with Crippen LogP contribution in [0.5, 0.6) is 11.5 Å². The van der Waals surface area contributed by atoms with Gasteiger partial charge in [0.2, 0.25) is 12.7 Å². The zero-order chi connectivity index (χ0) is 21.6. The van der Waals surface area contributed by atoms with Gasteiger partial charge in [-0.25, -0.2) is 0 Å². The molecule has 2 aromatic rings. The van der Waals surface area contributed by atoms with E-state index in [4.69, 9.17) is 21.7 Å². The van der Waals surface area contributed by atoms with Crippen molar-refractivity contribution in [3.8, 4) is 11.5 Å². The van der Waals surface area contributed by atoms with E-state index in [1.54, 1.807) is 23.1 Å². The molecule has 0 atom stereocenters. The Morgan fingerprint density at radius 3 is 2.74 bits per heavy atom. The van der Waals surface area contributed by atoms with Gasteiger partial charge in [0.05, 0.1) is 4.91 Å². The third-order valence-corrected chi connectivity index (χ3v) is 6.29. The molecule has 2 aliphatic heterocycles. The maximum atomic E-state index is 12.6. The second-order valence-electron chi connectivity index (χ2n) is 7.17. The molecule has 160 valence electrons. The molecule has 6 nitrogen and oxygen atoms in total. The largest absolute Gasteiger partial charge is 0.454 e. The first-order valence-corrected chi connectivity index (χ1v) is 11.3. The van der Waals surface area contributed by atoms with Crippen LogP contribution in [0.25, 0.3) is 6.08 Å². The number of anilines is 1. The Hall–Kier alpha value is -2.84. The van der Waals surface area contributed by atoms with E-state index in [0.717, 1.165) is 24.8 Å². The third-order valence-electron chi connectivity index (χ3n) is 4.91. The second-order valence-corrected chi connectivity index (χ2v) is 8.85. The Labute approximate surface area is 190 Å². The molecule has 0 radical (unpaired) electrons. The van der Waals surface area contributed by atoms with Crippen molar-refractivity contribution in [3.05, 3.63) is 59.0 Å². The Kier molecular flexibility index (Phi) is 6.89. The molecule has 0 aliphatic carbocycles. The number of amides is 2. The molecule has 2 aliphatic rings. The van der Waals surface area contributed by atoms with E-state index in [1.807, 2.05) is 36.4 Å². The number of thioether (sulfide) groups is 1. The van der Waals surface area contributed by atoms with Crippen molar-refractivity contribution in [1.82, 2.24) is 4.90 Å². The van der Waals surface area contributed by atoms with Crippen molar-refractivity contribution in [2.75, 3.05) is 18.7 Å². The molecule has 1 fully saturated rings. The Bertz CT molecular complexity index is 1020. The lowest BCUT2D eigenvalue weighted by molar-refractivity contribution is -0.122. The van der Waals surface area contributed by atoms with Crippen LogP contribution in [0, 0.1) is 0 Å². The van der Waals surface area contributed by atoms with Crippen LogP contribution in [-0.4, -0.2) is 34.4 Å². The lowest BCUT2D eigenvalue weighted by atomic mass is 10.1. The van der Waals surface area contributed by atoms with E-state index in [1.165, 1.54) is 11.8 Å². The number of fused-ring (bicyclic) bond motifs is 1. The monoisotopic (exact) mass is 454 g/mol. The molecule has 4 rings (SSSR count). The predicted molar refractivity (Wildman–Crippen MR) is 126 cm³/mol. The topological polar surface area (TPSA) is 67.9 Å². The van der Waals surface area contributed by atoms with Gasteiger partial charge in [0.1, 0.15) is 4.32 Å². The van der Waals surface area contributed by atoms with Gasteiger partial charge in [0.15, 0.2) is 11.5 Å². The molecule has 0 aromatic heterocycles. The van der Waals surface area contributed by atoms with E-state index in [0.29, 0.717) is 39.4 Å². The van der Waals surface area contributed by atoms with Crippen LogP contribution in [0.15, 0.2) is 53.4 Å². The van der Waals surface area contributed by atoms with Crippen molar-refractivity contribution in [2.24, 2.45) is 0 Å². The number of carbonyl (C=O) groups is 2. The molecule has 8 heteroatoms. The highest BCUT2D eigenvalue weighted by atomic mass is 32.2. The number of nitrogens with one attached hydrogen (secondary N) is 1. The molecule has 31 heavy (non-hydrogen) atoms. The summed E-state index contributed by atoms with van der Waals surface area (Å²) in [5, 5.41) is 2.88. The lowest BCUT2D eigenvalue weighted by Crippen LogP contribution is -2.29. The Morgan fingerprint density at radius 1 is 1.10 bits per heavy atom. The summed E-state index contributed by atoms with van der Waals surface area (Å²) in [7, 11) is 0. The molecule has 0 spiro atoms. The number of unbranched alkanes of at least 4 members (excludes halogenated alkanes) is 2. The minimum absolute atomic E-state index is 0.0422. The molecule has 1 saturated heterocycles. The van der Waals surface area contributed by atoms with Crippen molar-refractivity contribution in [2.45, 2.75) is 25.7 Å². The SMILES string of the molecule is O=C(CCCCCN1C(=O)C(=Cc2ccccc2)SC1=S)Nc1ccc2c(c1)OCO2. The molecule has 0 bridgehead atoms. The number of carbonyl (C=O) groups excluding carboxylic acids is 2. The van der Waals surface area contributed by atoms with Crippen molar-refractivity contribution >= 4 is 51.9 Å². The standard InChI is InChI=1S/C23H22N2O4S2/c26-21(24-17-10-11-18-19(14-17)29-15-28-18)9-5-2-6-12-25-22(27)20(31-23(25)30)13-16-7-3-1-4-8-16/h1,3-4,7-8,10-11,13-14H,2,5-6,9,12,15H2,(H,24,26). The molecule has 0 unspecified atom stereocenters. The van der Waals surface area contributed by atoms with Crippen molar-refractivity contribution in [1.29, 1.82) is 0 Å². The van der Waals surface area contributed by atoms with Crippen molar-refractivity contribution in [3.63, 3.8) is 0 Å². The number of hydrogen-bond donors (Lipinski definition) is 1. The molecule has 2 amide bonds. The first kappa shape index (κ1) is 21.4. The fourth-order valence-corrected chi connectivity index (χ4v) is 4.63. The zero-order valence-electron chi connectivity index (χ0n) is 16.8. The minimum Gasteiger partial charge on any atom is -0.454 e. The summed E-state index contributed by atoms with van der Waals surface area (Å²) in [6.45, 7) is 0.776. The van der Waals surface area contributed by atoms with Crippen molar-refractivity contribution < 1.29 is 19.1 Å². The number of benzene rings is 2. The van der Waals surface area contributed by atoms with Gasteiger partial charge >= 0.3 is 0 Å². The van der Waals surface area contributed by atoms with Gasteiger partial charge in [-0.3, -0.25) is 14.5 Å². The van der Waals surface area contributed by atoms with Crippen LogP contribution in [0.2, 0.25) is 0 Å². The number of ether oxygens (including phenoxy) is 2. The molecular weight excluding hydrogens is 432 g/mol. The molecule has 0 saturated carbocycles. The number of thiocarbonyl (C=S) groups is 1. The molecule has 1 N–H and O–H groups in total. The van der Waals surface area contributed by atoms with E-state index in [-0.39, 0.29) is 18.6 Å². The summed E-state index contributed by atoms with van der Waals surface area (Å²) in [5.74, 6) is 1.24. The van der Waals surface area contributed by atoms with Gasteiger partial charge in [-0.2, -0.15) is 0 Å². The van der Waals surface area contributed by atoms with E-state index < -0.39 is 0 Å². The first-order chi connectivity index (χ1) is 15.1. The highest BCUT2D eigenvalue weighted by molar-refractivity contribution is 8.26. The average Bonchev–Trinajstić information content (AvgIpc) is 3.33. The van der Waals surface area contributed by atoms with E-state index >= 15 is 0 Å². The van der Waals surface area contributed by atoms with Crippen LogP contribution in [-0.2, 0) is 9.59 Å². The summed E-state index contributed by atoms with van der Waals surface area (Å²) in [5.41, 5.74) is 1.67. The van der Waals surface area contributed by atoms with Crippen LogP contribution >= 0.6 is 24.0 Å². The minimum atomic E-state index is -0.0460. The Balaban J connectivity index is 1.18. The number of nitrogens with zero attached hydrogens (tertiary/aromatic N) is 1. The highest BCUT2D eigenvalue weighted by Gasteiger charge is 2.31. The molecular formula is C23H22N2O4S2. The van der Waals surface area contributed by atoms with Gasteiger partial charge < -0.3 is 14.8 Å². The summed E-state index contributed by atoms with van der Waals surface area (Å²) in [6, 6.07) is 15.1. The predicted octanol–water partition coefficient (Wildman–Crippen LogP) is 4.82. The van der Waals surface area contributed by atoms with Gasteiger partial charge in [0, 0.05) is 24.7 Å². The molecule has 2 heterocycles. The molecule has 2 aromatic carbocycles.